The van der Waals surface area contributed by atoms with E-state index in [4.69, 9.17) is 4.84 Å². The molecule has 0 aliphatic rings. The minimum atomic E-state index is -4.40. The summed E-state index contributed by atoms with van der Waals surface area (Å²) in [5.41, 5.74) is 0.0272. The van der Waals surface area contributed by atoms with Crippen LogP contribution in [0.25, 0.3) is 0 Å². The highest BCUT2D eigenvalue weighted by Gasteiger charge is 2.42. The zero-order valence-corrected chi connectivity index (χ0v) is 9.51. The smallest absolute Gasteiger partial charge is 0.274 e. The van der Waals surface area contributed by atoms with Gasteiger partial charge in [0.1, 0.15) is 7.11 Å². The first-order valence-corrected chi connectivity index (χ1v) is 5.07. The van der Waals surface area contributed by atoms with Crippen LogP contribution >= 0.6 is 0 Å². The molecule has 0 bridgehead atoms. The number of alkyl halides is 3. The molecule has 1 atom stereocenters. The Kier molecular flexibility index (Phi) is 3.78. The topological polar surface area (TPSA) is 13.1 Å². The van der Waals surface area contributed by atoms with E-state index in [9.17, 15) is 13.2 Å². The predicted octanol–water partition coefficient (Wildman–Crippen LogP) is 2.56. The molecule has 0 aliphatic carbocycles. The first kappa shape index (κ1) is 12.8. The lowest BCUT2D eigenvalue weighted by molar-refractivity contribution is -0.896. The SMILES string of the molecule is CCC(C)c1ccc(C(F)(F)F)[n+](OC)c1. The minimum Gasteiger partial charge on any atom is -0.274 e. The average molecular weight is 234 g/mol. The van der Waals surface area contributed by atoms with Crippen LogP contribution in [0.3, 0.4) is 0 Å². The third-order valence-corrected chi connectivity index (χ3v) is 2.61. The van der Waals surface area contributed by atoms with Gasteiger partial charge in [0.25, 0.3) is 0 Å². The number of nitrogens with zero attached hydrogens (tertiary/aromatic N) is 1. The Labute approximate surface area is 92.6 Å². The van der Waals surface area contributed by atoms with Crippen LogP contribution in [0.5, 0.6) is 0 Å². The van der Waals surface area contributed by atoms with Crippen LogP contribution in [0.1, 0.15) is 37.4 Å². The Morgan fingerprint density at radius 1 is 1.38 bits per heavy atom. The van der Waals surface area contributed by atoms with E-state index >= 15 is 0 Å². The summed E-state index contributed by atoms with van der Waals surface area (Å²) < 4.78 is 38.4. The first-order chi connectivity index (χ1) is 7.40. The quantitative estimate of drug-likeness (QED) is 0.732. The summed E-state index contributed by atoms with van der Waals surface area (Å²) in [4.78, 5) is 4.70. The molecule has 1 aromatic heterocycles. The highest BCUT2D eigenvalue weighted by atomic mass is 19.4. The molecule has 0 aromatic carbocycles. The van der Waals surface area contributed by atoms with Crippen LogP contribution < -0.4 is 9.57 Å². The van der Waals surface area contributed by atoms with Crippen molar-refractivity contribution in [2.24, 2.45) is 0 Å². The minimum absolute atomic E-state index is 0.212. The Bertz CT molecular complexity index is 363. The van der Waals surface area contributed by atoms with Gasteiger partial charge in [-0.2, -0.15) is 13.2 Å². The number of halogens is 3. The van der Waals surface area contributed by atoms with E-state index < -0.39 is 11.9 Å². The van der Waals surface area contributed by atoms with E-state index in [0.29, 0.717) is 0 Å². The van der Waals surface area contributed by atoms with Gasteiger partial charge in [-0.1, -0.05) is 13.8 Å². The monoisotopic (exact) mass is 234 g/mol. The fourth-order valence-electron chi connectivity index (χ4n) is 1.39. The van der Waals surface area contributed by atoms with Crippen molar-refractivity contribution in [1.29, 1.82) is 0 Å². The predicted molar refractivity (Wildman–Crippen MR) is 52.8 cm³/mol. The van der Waals surface area contributed by atoms with E-state index in [2.05, 4.69) is 0 Å². The molecule has 0 spiro atoms. The Morgan fingerprint density at radius 2 is 2.00 bits per heavy atom. The molecule has 2 nitrogen and oxygen atoms in total. The third kappa shape index (κ3) is 2.65. The van der Waals surface area contributed by atoms with Gasteiger partial charge in [-0.3, -0.25) is 4.84 Å². The van der Waals surface area contributed by atoms with Crippen molar-refractivity contribution in [2.45, 2.75) is 32.4 Å². The zero-order valence-electron chi connectivity index (χ0n) is 9.51. The van der Waals surface area contributed by atoms with Gasteiger partial charge in [-0.15, -0.1) is 0 Å². The zero-order chi connectivity index (χ0) is 12.3. The van der Waals surface area contributed by atoms with E-state index in [0.717, 1.165) is 22.8 Å². The highest BCUT2D eigenvalue weighted by Crippen LogP contribution is 2.27. The second-order valence-electron chi connectivity index (χ2n) is 3.66. The molecule has 0 saturated carbocycles. The Balaban J connectivity index is 3.17. The van der Waals surface area contributed by atoms with Crippen LogP contribution in [0, 0.1) is 0 Å². The fourth-order valence-corrected chi connectivity index (χ4v) is 1.39. The Hall–Kier alpha value is -1.26. The maximum Gasteiger partial charge on any atom is 0.482 e. The van der Waals surface area contributed by atoms with Gasteiger partial charge in [0.2, 0.25) is 6.20 Å². The molecule has 0 fully saturated rings. The Morgan fingerprint density at radius 3 is 2.44 bits per heavy atom. The van der Waals surface area contributed by atoms with E-state index in [1.807, 2.05) is 13.8 Å². The summed E-state index contributed by atoms with van der Waals surface area (Å²) in [6, 6.07) is 2.54. The number of pyridine rings is 1. The van der Waals surface area contributed by atoms with Gasteiger partial charge in [0.05, 0.1) is 0 Å². The molecular weight excluding hydrogens is 219 g/mol. The normalized spacial score (nSPS) is 13.6. The van der Waals surface area contributed by atoms with Crippen molar-refractivity contribution < 1.29 is 22.7 Å². The molecule has 0 amide bonds. The van der Waals surface area contributed by atoms with Crippen LogP contribution in [0.15, 0.2) is 18.3 Å². The average Bonchev–Trinajstić information content (AvgIpc) is 2.25. The van der Waals surface area contributed by atoms with E-state index in [1.165, 1.54) is 19.4 Å². The number of hydrogen-bond acceptors (Lipinski definition) is 1. The maximum atomic E-state index is 12.5. The largest absolute Gasteiger partial charge is 0.482 e. The molecule has 0 radical (unpaired) electrons. The highest BCUT2D eigenvalue weighted by molar-refractivity contribution is 5.14. The molecule has 0 saturated heterocycles. The number of hydrogen-bond donors (Lipinski definition) is 0. The molecule has 5 heteroatoms. The van der Waals surface area contributed by atoms with E-state index in [1.54, 1.807) is 0 Å². The standard InChI is InChI=1S/C11H15F3NO/c1-4-8(2)9-5-6-10(11(12,13)14)15(7-9)16-3/h5-8H,4H2,1-3H3/q+1. The summed E-state index contributed by atoms with van der Waals surface area (Å²) in [6.07, 6.45) is -2.14. The first-order valence-electron chi connectivity index (χ1n) is 5.07. The summed E-state index contributed by atoms with van der Waals surface area (Å²) in [5.74, 6) is 0.212. The molecular formula is C11H15F3NO+. The molecule has 1 unspecified atom stereocenters. The maximum absolute atomic E-state index is 12.5. The lowest BCUT2D eigenvalue weighted by Crippen LogP contribution is -2.47. The molecule has 1 aromatic rings. The molecule has 1 rings (SSSR count). The number of rotatable bonds is 3. The summed E-state index contributed by atoms with van der Waals surface area (Å²) in [5, 5.41) is 0. The van der Waals surface area contributed by atoms with Gasteiger partial charge in [-0.05, 0) is 18.4 Å². The lowest BCUT2D eigenvalue weighted by Gasteiger charge is -2.09. The molecule has 0 N–H and O–H groups in total. The van der Waals surface area contributed by atoms with Crippen molar-refractivity contribution in [3.05, 3.63) is 29.6 Å². The summed E-state index contributed by atoms with van der Waals surface area (Å²) in [7, 11) is 1.22. The van der Waals surface area contributed by atoms with Crippen molar-refractivity contribution in [3.8, 4) is 0 Å². The number of aromatic nitrogens is 1. The van der Waals surface area contributed by atoms with Gasteiger partial charge >= 0.3 is 11.9 Å². The van der Waals surface area contributed by atoms with Gasteiger partial charge in [0, 0.05) is 16.4 Å². The van der Waals surface area contributed by atoms with Crippen molar-refractivity contribution >= 4 is 0 Å². The molecule has 16 heavy (non-hydrogen) atoms. The van der Waals surface area contributed by atoms with Crippen LogP contribution in [-0.4, -0.2) is 7.11 Å². The van der Waals surface area contributed by atoms with Crippen molar-refractivity contribution in [1.82, 2.24) is 0 Å². The second-order valence-corrected chi connectivity index (χ2v) is 3.66. The van der Waals surface area contributed by atoms with Gasteiger partial charge in [0.15, 0.2) is 0 Å². The fraction of sp³-hybridized carbons (Fsp3) is 0.545. The van der Waals surface area contributed by atoms with Crippen molar-refractivity contribution in [3.63, 3.8) is 0 Å². The lowest BCUT2D eigenvalue weighted by atomic mass is 10.0. The summed E-state index contributed by atoms with van der Waals surface area (Å²) >= 11 is 0. The molecule has 1 heterocycles. The summed E-state index contributed by atoms with van der Waals surface area (Å²) in [6.45, 7) is 3.95. The van der Waals surface area contributed by atoms with Crippen LogP contribution in [0.4, 0.5) is 13.2 Å². The van der Waals surface area contributed by atoms with E-state index in [-0.39, 0.29) is 5.92 Å². The van der Waals surface area contributed by atoms with Crippen LogP contribution in [0.2, 0.25) is 0 Å². The van der Waals surface area contributed by atoms with Gasteiger partial charge < -0.3 is 0 Å². The molecule has 0 aliphatic heterocycles. The molecule has 90 valence electrons. The third-order valence-electron chi connectivity index (χ3n) is 2.61. The van der Waals surface area contributed by atoms with Gasteiger partial charge in [-0.25, -0.2) is 0 Å². The van der Waals surface area contributed by atoms with Crippen LogP contribution in [-0.2, 0) is 6.18 Å². The van der Waals surface area contributed by atoms with Crippen molar-refractivity contribution in [2.75, 3.05) is 7.11 Å². The second kappa shape index (κ2) is 4.72.